The summed E-state index contributed by atoms with van der Waals surface area (Å²) in [5, 5.41) is 0. The highest BCUT2D eigenvalue weighted by Crippen LogP contribution is 2.18. The lowest BCUT2D eigenvalue weighted by Gasteiger charge is -2.32. The van der Waals surface area contributed by atoms with Crippen LogP contribution in [0.1, 0.15) is 19.8 Å². The molecule has 1 rings (SSSR count). The van der Waals surface area contributed by atoms with Crippen molar-refractivity contribution in [3.05, 3.63) is 0 Å². The van der Waals surface area contributed by atoms with Crippen LogP contribution in [0.4, 0.5) is 0 Å². The Kier molecular flexibility index (Phi) is 8.18. The highest BCUT2D eigenvalue weighted by molar-refractivity contribution is 4.49. The third-order valence-corrected chi connectivity index (χ3v) is 2.49. The summed E-state index contributed by atoms with van der Waals surface area (Å²) in [5.74, 6) is 0. The average Bonchev–Trinajstić information content (AvgIpc) is 2.62. The molecule has 1 aliphatic rings. The number of quaternary nitrogens is 1. The van der Waals surface area contributed by atoms with Crippen LogP contribution in [0.3, 0.4) is 0 Å². The van der Waals surface area contributed by atoms with E-state index in [9.17, 15) is 0 Å². The summed E-state index contributed by atoms with van der Waals surface area (Å²) < 4.78 is 45.7. The predicted molar refractivity (Wildman–Crippen MR) is 47.6 cm³/mol. The molecule has 0 aromatic heterocycles. The van der Waals surface area contributed by atoms with E-state index in [4.69, 9.17) is 28.1 Å². The molecule has 0 aliphatic carbocycles. The van der Waals surface area contributed by atoms with Crippen LogP contribution < -0.4 is 18.6 Å². The Labute approximate surface area is 103 Å². The maximum Gasteiger partial charge on any atom is 0.184 e. The van der Waals surface area contributed by atoms with Gasteiger partial charge in [0.25, 0.3) is 0 Å². The molecule has 1 heterocycles. The fourth-order valence-corrected chi connectivity index (χ4v) is 1.86. The first-order valence-electron chi connectivity index (χ1n) is 5.36. The van der Waals surface area contributed by atoms with E-state index in [1.165, 1.54) is 25.9 Å². The van der Waals surface area contributed by atoms with Gasteiger partial charge < -0.3 is 9.47 Å². The number of methoxy groups -OCH3 is 1. The first kappa shape index (κ1) is 17.0. The van der Waals surface area contributed by atoms with E-state index in [1.54, 1.807) is 7.11 Å². The Balaban J connectivity index is 0.000000437. The highest BCUT2D eigenvalue weighted by Gasteiger charge is 2.31. The van der Waals surface area contributed by atoms with Crippen molar-refractivity contribution in [3.8, 4) is 0 Å². The molecule has 0 aromatic rings. The molecule has 0 saturated carbocycles. The lowest BCUT2D eigenvalue weighted by Crippen LogP contribution is -2.68. The lowest BCUT2D eigenvalue weighted by molar-refractivity contribution is -2.00. The van der Waals surface area contributed by atoms with Crippen LogP contribution in [-0.4, -0.2) is 44.8 Å². The van der Waals surface area contributed by atoms with E-state index in [0.29, 0.717) is 0 Å². The maximum absolute atomic E-state index is 8.49. The van der Waals surface area contributed by atoms with Crippen LogP contribution in [0.5, 0.6) is 0 Å². The molecule has 8 heteroatoms. The molecule has 1 aliphatic heterocycles. The van der Waals surface area contributed by atoms with Crippen molar-refractivity contribution in [3.63, 3.8) is 0 Å². The monoisotopic (exact) mass is 273 g/mol. The molecule has 0 N–H and O–H groups in total. The van der Waals surface area contributed by atoms with Crippen LogP contribution in [0.15, 0.2) is 0 Å². The fourth-order valence-electron chi connectivity index (χ4n) is 1.86. The molecular weight excluding hydrogens is 254 g/mol. The number of nitrogens with zero attached hydrogens (tertiary/aromatic N) is 1. The minimum atomic E-state index is -4.94. The molecule has 0 bridgehead atoms. The molecule has 7 nitrogen and oxygen atoms in total. The smallest absolute Gasteiger partial charge is 0.184 e. The summed E-state index contributed by atoms with van der Waals surface area (Å²) in [6.07, 6.45) is 2.63. The predicted octanol–water partition coefficient (Wildman–Crippen LogP) is -3.56. The second-order valence-electron chi connectivity index (χ2n) is 3.91. The highest BCUT2D eigenvalue weighted by atomic mass is 35.7. The van der Waals surface area contributed by atoms with Gasteiger partial charge in [0.05, 0.1) is 13.1 Å². The third-order valence-electron chi connectivity index (χ3n) is 2.49. The van der Waals surface area contributed by atoms with Gasteiger partial charge in [0.15, 0.2) is 13.5 Å². The summed E-state index contributed by atoms with van der Waals surface area (Å²) in [6, 6.07) is 0. The second kappa shape index (κ2) is 8.17. The van der Waals surface area contributed by atoms with Crippen molar-refractivity contribution in [1.29, 1.82) is 0 Å². The molecule has 0 radical (unpaired) electrons. The van der Waals surface area contributed by atoms with Gasteiger partial charge in [-0.25, -0.2) is 18.6 Å². The normalized spacial score (nSPS) is 18.7. The van der Waals surface area contributed by atoms with Gasteiger partial charge in [-0.05, 0) is 6.92 Å². The van der Waals surface area contributed by atoms with E-state index in [-0.39, 0.29) is 0 Å². The topological polar surface area (TPSA) is 111 Å². The molecule has 0 spiro atoms. The number of rotatable bonds is 5. The molecule has 104 valence electrons. The van der Waals surface area contributed by atoms with Crippen LogP contribution in [0, 0.1) is 10.2 Å². The number of ether oxygens (including phenoxy) is 2. The van der Waals surface area contributed by atoms with Crippen molar-refractivity contribution in [2.45, 2.75) is 19.8 Å². The minimum absolute atomic E-state index is 0.806. The van der Waals surface area contributed by atoms with Gasteiger partial charge in [0.2, 0.25) is 0 Å². The summed E-state index contributed by atoms with van der Waals surface area (Å²) >= 11 is 0. The van der Waals surface area contributed by atoms with Crippen molar-refractivity contribution < 1.29 is 42.8 Å². The Morgan fingerprint density at radius 3 is 1.88 bits per heavy atom. The largest absolute Gasteiger partial charge is 0.335 e. The fraction of sp³-hybridized carbons (Fsp3) is 1.00. The van der Waals surface area contributed by atoms with Crippen molar-refractivity contribution >= 4 is 0 Å². The summed E-state index contributed by atoms with van der Waals surface area (Å²) in [5.41, 5.74) is 0. The number of likely N-dealkylation sites (tertiary alicyclic amines) is 1. The Bertz CT molecular complexity index is 186. The van der Waals surface area contributed by atoms with Gasteiger partial charge in [0, 0.05) is 26.6 Å². The molecular formula is C9H20ClNO6. The molecule has 0 amide bonds. The average molecular weight is 274 g/mol. The first-order chi connectivity index (χ1) is 7.83. The van der Waals surface area contributed by atoms with Crippen LogP contribution in [-0.2, 0) is 9.47 Å². The SMILES string of the molecule is CCOC[N+]1(COC)CCCC1.[O-][Cl+3]([O-])([O-])[O-]. The van der Waals surface area contributed by atoms with Gasteiger partial charge >= 0.3 is 0 Å². The van der Waals surface area contributed by atoms with Gasteiger partial charge in [-0.2, -0.15) is 0 Å². The van der Waals surface area contributed by atoms with E-state index in [0.717, 1.165) is 24.6 Å². The van der Waals surface area contributed by atoms with Gasteiger partial charge in [-0.15, -0.1) is 10.2 Å². The molecule has 0 unspecified atom stereocenters. The number of hydrogen-bond acceptors (Lipinski definition) is 6. The number of hydrogen-bond donors (Lipinski definition) is 0. The molecule has 17 heavy (non-hydrogen) atoms. The van der Waals surface area contributed by atoms with Crippen molar-refractivity contribution in [2.24, 2.45) is 0 Å². The molecule has 0 aromatic carbocycles. The van der Waals surface area contributed by atoms with Crippen molar-refractivity contribution in [1.82, 2.24) is 0 Å². The van der Waals surface area contributed by atoms with E-state index in [2.05, 4.69) is 0 Å². The van der Waals surface area contributed by atoms with Crippen LogP contribution in [0.25, 0.3) is 0 Å². The number of halogens is 1. The van der Waals surface area contributed by atoms with E-state index < -0.39 is 10.2 Å². The van der Waals surface area contributed by atoms with Gasteiger partial charge in [-0.3, -0.25) is 4.48 Å². The third kappa shape index (κ3) is 9.69. The molecule has 0 atom stereocenters. The Morgan fingerprint density at radius 1 is 1.06 bits per heavy atom. The zero-order chi connectivity index (χ0) is 13.4. The first-order valence-corrected chi connectivity index (χ1v) is 6.60. The maximum atomic E-state index is 8.49. The van der Waals surface area contributed by atoms with E-state index in [1.807, 2.05) is 6.92 Å². The van der Waals surface area contributed by atoms with Gasteiger partial charge in [-0.1, -0.05) is 0 Å². The Hall–Kier alpha value is 0.01000. The Morgan fingerprint density at radius 2 is 1.53 bits per heavy atom. The van der Waals surface area contributed by atoms with Gasteiger partial charge in [0.1, 0.15) is 0 Å². The standard InChI is InChI=1S/C9H20NO2.ClHO4/c1-3-12-9-10(8-11-2)6-4-5-7-10;2-1(3,4)5/h3-9H2,1-2H3;(H,2,3,4,5)/q+1;/p-1. The van der Waals surface area contributed by atoms with E-state index >= 15 is 0 Å². The zero-order valence-electron chi connectivity index (χ0n) is 10.2. The van der Waals surface area contributed by atoms with Crippen LogP contribution in [0.2, 0.25) is 0 Å². The molecule has 1 saturated heterocycles. The summed E-state index contributed by atoms with van der Waals surface area (Å²) in [6.45, 7) is 6.91. The minimum Gasteiger partial charge on any atom is -0.335 e. The summed E-state index contributed by atoms with van der Waals surface area (Å²) in [7, 11) is -3.18. The second-order valence-corrected chi connectivity index (χ2v) is 4.67. The summed E-state index contributed by atoms with van der Waals surface area (Å²) in [4.78, 5) is 0. The zero-order valence-corrected chi connectivity index (χ0v) is 11.0. The lowest BCUT2D eigenvalue weighted by atomic mass is 10.4. The van der Waals surface area contributed by atoms with Crippen LogP contribution >= 0.6 is 0 Å². The van der Waals surface area contributed by atoms with Crippen molar-refractivity contribution in [2.75, 3.05) is 40.3 Å². The quantitative estimate of drug-likeness (QED) is 0.479. The molecule has 1 fully saturated rings.